The minimum Gasteiger partial charge on any atom is -0.491 e. The summed E-state index contributed by atoms with van der Waals surface area (Å²) in [6, 6.07) is 5.31. The SMILES string of the molecule is O=S(=O)(c1c(Cl)nc2sccn12)n1ncc2c(OCCN3CCCCC3)cccc21. The van der Waals surface area contributed by atoms with Crippen LogP contribution >= 0.6 is 22.9 Å². The number of imidazole rings is 1. The molecule has 5 rings (SSSR count). The quantitative estimate of drug-likeness (QED) is 0.433. The Hall–Kier alpha value is -2.14. The molecule has 1 aliphatic rings. The fraction of sp³-hybridized carbons (Fsp3) is 0.368. The number of hydrogen-bond donors (Lipinski definition) is 0. The third-order valence-corrected chi connectivity index (χ3v) is 8.06. The zero-order chi connectivity index (χ0) is 20.7. The molecule has 0 amide bonds. The van der Waals surface area contributed by atoms with Gasteiger partial charge in [0.05, 0.1) is 17.1 Å². The van der Waals surface area contributed by atoms with E-state index in [-0.39, 0.29) is 10.2 Å². The summed E-state index contributed by atoms with van der Waals surface area (Å²) in [4.78, 5) is 7.03. The summed E-state index contributed by atoms with van der Waals surface area (Å²) in [5, 5.41) is 6.39. The number of aromatic nitrogens is 4. The minimum absolute atomic E-state index is 0.0700. The van der Waals surface area contributed by atoms with Gasteiger partial charge in [-0.2, -0.15) is 17.6 Å². The number of hydrogen-bond acceptors (Lipinski definition) is 7. The van der Waals surface area contributed by atoms with Crippen molar-refractivity contribution in [3.63, 3.8) is 0 Å². The van der Waals surface area contributed by atoms with E-state index in [0.29, 0.717) is 28.2 Å². The van der Waals surface area contributed by atoms with Gasteiger partial charge in [0.2, 0.25) is 5.03 Å². The van der Waals surface area contributed by atoms with E-state index in [4.69, 9.17) is 16.3 Å². The summed E-state index contributed by atoms with van der Waals surface area (Å²) in [6.07, 6.45) is 6.90. The first-order valence-corrected chi connectivity index (χ1v) is 12.4. The van der Waals surface area contributed by atoms with Crippen molar-refractivity contribution in [3.05, 3.63) is 41.1 Å². The van der Waals surface area contributed by atoms with Gasteiger partial charge in [-0.05, 0) is 38.1 Å². The van der Waals surface area contributed by atoms with Crippen molar-refractivity contribution in [3.8, 4) is 5.75 Å². The standard InChI is InChI=1S/C19H20ClN5O3S2/c20-17-18(24-10-12-29-19(24)22-17)30(26,27)25-15-5-4-6-16(14(15)13-21-25)28-11-9-23-7-2-1-3-8-23/h4-6,10,12-13H,1-3,7-9,11H2. The number of piperidine rings is 1. The number of thiazole rings is 1. The van der Waals surface area contributed by atoms with Crippen LogP contribution in [0, 0.1) is 0 Å². The van der Waals surface area contributed by atoms with Crippen LogP contribution in [-0.4, -0.2) is 58.1 Å². The molecule has 4 heterocycles. The van der Waals surface area contributed by atoms with Gasteiger partial charge in [0.1, 0.15) is 12.4 Å². The maximum atomic E-state index is 13.3. The molecule has 0 aliphatic carbocycles. The highest BCUT2D eigenvalue weighted by Crippen LogP contribution is 2.31. The fourth-order valence-electron chi connectivity index (χ4n) is 3.84. The van der Waals surface area contributed by atoms with Gasteiger partial charge in [-0.15, -0.1) is 11.3 Å². The molecule has 30 heavy (non-hydrogen) atoms. The highest BCUT2D eigenvalue weighted by molar-refractivity contribution is 7.90. The molecule has 1 fully saturated rings. The van der Waals surface area contributed by atoms with E-state index in [1.165, 1.54) is 41.2 Å². The van der Waals surface area contributed by atoms with Gasteiger partial charge in [-0.3, -0.25) is 9.30 Å². The summed E-state index contributed by atoms with van der Waals surface area (Å²) < 4.78 is 35.1. The molecule has 0 radical (unpaired) electrons. The zero-order valence-corrected chi connectivity index (χ0v) is 18.5. The van der Waals surface area contributed by atoms with Gasteiger partial charge < -0.3 is 4.74 Å². The normalized spacial score (nSPS) is 15.9. The van der Waals surface area contributed by atoms with Crippen molar-refractivity contribution in [1.82, 2.24) is 23.5 Å². The number of likely N-dealkylation sites (tertiary alicyclic amines) is 1. The molecular weight excluding hydrogens is 446 g/mol. The topological polar surface area (TPSA) is 81.7 Å². The number of halogens is 1. The van der Waals surface area contributed by atoms with Crippen LogP contribution < -0.4 is 4.74 Å². The van der Waals surface area contributed by atoms with Crippen molar-refractivity contribution in [2.75, 3.05) is 26.2 Å². The Kier molecular flexibility index (Phi) is 5.18. The van der Waals surface area contributed by atoms with Crippen molar-refractivity contribution in [2.24, 2.45) is 0 Å². The van der Waals surface area contributed by atoms with Gasteiger partial charge in [-0.25, -0.2) is 4.98 Å². The van der Waals surface area contributed by atoms with E-state index < -0.39 is 10.0 Å². The third kappa shape index (κ3) is 3.37. The summed E-state index contributed by atoms with van der Waals surface area (Å²) in [5.74, 6) is 0.617. The molecule has 0 atom stereocenters. The van der Waals surface area contributed by atoms with Crippen LogP contribution in [0.1, 0.15) is 19.3 Å². The monoisotopic (exact) mass is 465 g/mol. The lowest BCUT2D eigenvalue weighted by Crippen LogP contribution is -2.33. The van der Waals surface area contributed by atoms with Crippen LogP contribution in [0.25, 0.3) is 15.9 Å². The van der Waals surface area contributed by atoms with Gasteiger partial charge in [-0.1, -0.05) is 24.1 Å². The first-order chi connectivity index (χ1) is 14.6. The van der Waals surface area contributed by atoms with Crippen LogP contribution in [0.4, 0.5) is 0 Å². The maximum absolute atomic E-state index is 13.3. The van der Waals surface area contributed by atoms with Crippen LogP contribution in [0.5, 0.6) is 5.75 Å². The van der Waals surface area contributed by atoms with Crippen LogP contribution in [0.2, 0.25) is 5.15 Å². The van der Waals surface area contributed by atoms with Gasteiger partial charge in [0.15, 0.2) is 10.1 Å². The smallest absolute Gasteiger partial charge is 0.302 e. The van der Waals surface area contributed by atoms with Crippen molar-refractivity contribution in [1.29, 1.82) is 0 Å². The van der Waals surface area contributed by atoms with Crippen molar-refractivity contribution in [2.45, 2.75) is 24.3 Å². The summed E-state index contributed by atoms with van der Waals surface area (Å²) in [6.45, 7) is 3.60. The van der Waals surface area contributed by atoms with Crippen molar-refractivity contribution < 1.29 is 13.2 Å². The lowest BCUT2D eigenvalue weighted by Gasteiger charge is -2.26. The predicted octanol–water partition coefficient (Wildman–Crippen LogP) is 3.50. The van der Waals surface area contributed by atoms with E-state index in [2.05, 4.69) is 15.0 Å². The molecule has 0 N–H and O–H groups in total. The average Bonchev–Trinajstić information content (AvgIpc) is 3.43. The summed E-state index contributed by atoms with van der Waals surface area (Å²) in [5.41, 5.74) is 0.437. The van der Waals surface area contributed by atoms with E-state index in [9.17, 15) is 8.42 Å². The lowest BCUT2D eigenvalue weighted by atomic mass is 10.1. The number of nitrogens with zero attached hydrogens (tertiary/aromatic N) is 5. The van der Waals surface area contributed by atoms with Crippen LogP contribution in [0.15, 0.2) is 41.0 Å². The second-order valence-corrected chi connectivity index (χ2v) is 10.1. The maximum Gasteiger partial charge on any atom is 0.302 e. The molecule has 3 aromatic heterocycles. The van der Waals surface area contributed by atoms with Gasteiger partial charge in [0, 0.05) is 18.1 Å². The molecule has 158 valence electrons. The van der Waals surface area contributed by atoms with Crippen LogP contribution in [-0.2, 0) is 10.0 Å². The van der Waals surface area contributed by atoms with E-state index in [1.807, 2.05) is 6.07 Å². The molecule has 0 unspecified atom stereocenters. The molecule has 0 saturated carbocycles. The molecule has 0 bridgehead atoms. The molecule has 1 saturated heterocycles. The second-order valence-electron chi connectivity index (χ2n) is 7.20. The minimum atomic E-state index is -4.04. The number of rotatable bonds is 6. The highest BCUT2D eigenvalue weighted by atomic mass is 35.5. The van der Waals surface area contributed by atoms with Gasteiger partial charge >= 0.3 is 10.0 Å². The Morgan fingerprint density at radius 1 is 1.20 bits per heavy atom. The van der Waals surface area contributed by atoms with Gasteiger partial charge in [0.25, 0.3) is 0 Å². The predicted molar refractivity (Wildman–Crippen MR) is 116 cm³/mol. The third-order valence-electron chi connectivity index (χ3n) is 5.31. The molecule has 8 nitrogen and oxygen atoms in total. The lowest BCUT2D eigenvalue weighted by molar-refractivity contribution is 0.184. The highest BCUT2D eigenvalue weighted by Gasteiger charge is 2.29. The first kappa shape index (κ1) is 19.8. The number of ether oxygens (including phenoxy) is 1. The van der Waals surface area contributed by atoms with Crippen LogP contribution in [0.3, 0.4) is 0 Å². The second kappa shape index (κ2) is 7.84. The largest absolute Gasteiger partial charge is 0.491 e. The molecule has 1 aliphatic heterocycles. The Balaban J connectivity index is 1.45. The fourth-order valence-corrected chi connectivity index (χ4v) is 6.53. The summed E-state index contributed by atoms with van der Waals surface area (Å²) >= 11 is 7.47. The van der Waals surface area contributed by atoms with E-state index in [1.54, 1.807) is 23.7 Å². The zero-order valence-electron chi connectivity index (χ0n) is 16.1. The average molecular weight is 466 g/mol. The molecule has 4 aromatic rings. The number of fused-ring (bicyclic) bond motifs is 2. The van der Waals surface area contributed by atoms with E-state index >= 15 is 0 Å². The Morgan fingerprint density at radius 3 is 2.87 bits per heavy atom. The van der Waals surface area contributed by atoms with Crippen molar-refractivity contribution >= 4 is 48.8 Å². The molecular formula is C19H20ClN5O3S2. The first-order valence-electron chi connectivity index (χ1n) is 9.74. The Bertz CT molecular complexity index is 1300. The molecule has 11 heteroatoms. The summed E-state index contributed by atoms with van der Waals surface area (Å²) in [7, 11) is -4.04. The number of benzene rings is 1. The Labute approximate surface area is 182 Å². The molecule has 1 aromatic carbocycles. The Morgan fingerprint density at radius 2 is 2.03 bits per heavy atom. The molecule has 0 spiro atoms. The van der Waals surface area contributed by atoms with E-state index in [0.717, 1.165) is 23.7 Å².